The molecule has 3 rings (SSSR count). The molecule has 21 heavy (non-hydrogen) atoms. The highest BCUT2D eigenvalue weighted by Gasteiger charge is 2.35. The van der Waals surface area contributed by atoms with Gasteiger partial charge in [0.05, 0.1) is 5.69 Å². The summed E-state index contributed by atoms with van der Waals surface area (Å²) in [4.78, 5) is 26.2. The number of anilines is 1. The fourth-order valence-electron chi connectivity index (χ4n) is 2.77. The number of fused-ring (bicyclic) bond motifs is 1. The van der Waals surface area contributed by atoms with Gasteiger partial charge in [0.25, 0.3) is 0 Å². The number of nitrogens with one attached hydrogen (secondary N) is 1. The molecule has 108 valence electrons. The average Bonchev–Trinajstić information content (AvgIpc) is 2.48. The van der Waals surface area contributed by atoms with Crippen LogP contribution >= 0.6 is 0 Å². The predicted molar refractivity (Wildman–Crippen MR) is 83.1 cm³/mol. The number of hydrogen-bond acceptors (Lipinski definition) is 2. The lowest BCUT2D eigenvalue weighted by atomic mass is 9.99. The molecule has 4 nitrogen and oxygen atoms in total. The summed E-state index contributed by atoms with van der Waals surface area (Å²) in [6.07, 6.45) is 0. The van der Waals surface area contributed by atoms with Gasteiger partial charge in [-0.1, -0.05) is 50.2 Å². The Kier molecular flexibility index (Phi) is 3.37. The number of benzene rings is 2. The van der Waals surface area contributed by atoms with Crippen LogP contribution in [-0.2, 0) is 9.59 Å². The van der Waals surface area contributed by atoms with Crippen molar-refractivity contribution >= 4 is 28.3 Å². The van der Waals surface area contributed by atoms with E-state index in [2.05, 4.69) is 5.32 Å². The van der Waals surface area contributed by atoms with Crippen LogP contribution < -0.4 is 10.2 Å². The molecule has 1 aliphatic heterocycles. The first-order chi connectivity index (χ1) is 10.1. The Hall–Kier alpha value is -2.36. The van der Waals surface area contributed by atoms with E-state index < -0.39 is 6.04 Å². The Morgan fingerprint density at radius 3 is 2.57 bits per heavy atom. The number of carbonyl (C=O) groups excluding carboxylic acids is 2. The van der Waals surface area contributed by atoms with Crippen molar-refractivity contribution in [3.63, 3.8) is 0 Å². The molecule has 2 aromatic carbocycles. The second-order valence-electron chi connectivity index (χ2n) is 5.71. The normalized spacial score (nSPS) is 19.2. The van der Waals surface area contributed by atoms with E-state index in [-0.39, 0.29) is 24.3 Å². The quantitative estimate of drug-likeness (QED) is 0.919. The zero-order valence-corrected chi connectivity index (χ0v) is 12.2. The maximum Gasteiger partial charge on any atom is 0.250 e. The number of amides is 2. The zero-order chi connectivity index (χ0) is 15.0. The lowest BCUT2D eigenvalue weighted by Gasteiger charge is -2.34. The smallest absolute Gasteiger partial charge is 0.250 e. The first-order valence-electron chi connectivity index (χ1n) is 7.16. The summed E-state index contributed by atoms with van der Waals surface area (Å²) in [6, 6.07) is 13.3. The third-order valence-corrected chi connectivity index (χ3v) is 3.87. The summed E-state index contributed by atoms with van der Waals surface area (Å²) in [7, 11) is 0. The van der Waals surface area contributed by atoms with E-state index in [0.29, 0.717) is 0 Å². The highest BCUT2D eigenvalue weighted by Crippen LogP contribution is 2.28. The van der Waals surface area contributed by atoms with Crippen LogP contribution in [0.3, 0.4) is 0 Å². The van der Waals surface area contributed by atoms with Gasteiger partial charge in [0.2, 0.25) is 11.8 Å². The van der Waals surface area contributed by atoms with Crippen molar-refractivity contribution in [1.29, 1.82) is 0 Å². The minimum absolute atomic E-state index is 0.0408. The molecule has 0 saturated carbocycles. The third kappa shape index (κ3) is 2.37. The molecular formula is C17H18N2O2. The minimum Gasteiger partial charge on any atom is -0.342 e. The number of rotatable bonds is 2. The largest absolute Gasteiger partial charge is 0.342 e. The van der Waals surface area contributed by atoms with Gasteiger partial charge >= 0.3 is 0 Å². The van der Waals surface area contributed by atoms with Crippen molar-refractivity contribution in [1.82, 2.24) is 5.32 Å². The highest BCUT2D eigenvalue weighted by atomic mass is 16.2. The van der Waals surface area contributed by atoms with E-state index in [1.54, 1.807) is 4.90 Å². The molecular weight excluding hydrogens is 264 g/mol. The molecule has 1 unspecified atom stereocenters. The maximum absolute atomic E-state index is 12.7. The van der Waals surface area contributed by atoms with Gasteiger partial charge in [-0.15, -0.1) is 0 Å². The summed E-state index contributed by atoms with van der Waals surface area (Å²) in [6.45, 7) is 3.96. The molecule has 1 heterocycles. The van der Waals surface area contributed by atoms with Gasteiger partial charge in [-0.05, 0) is 17.4 Å². The van der Waals surface area contributed by atoms with Crippen molar-refractivity contribution in [2.45, 2.75) is 19.9 Å². The number of nitrogens with zero attached hydrogens (tertiary/aromatic N) is 1. The van der Waals surface area contributed by atoms with Crippen LogP contribution in [0.15, 0.2) is 42.5 Å². The summed E-state index contributed by atoms with van der Waals surface area (Å²) >= 11 is 0. The highest BCUT2D eigenvalue weighted by molar-refractivity contribution is 6.11. The predicted octanol–water partition coefficient (Wildman–Crippen LogP) is 2.33. The van der Waals surface area contributed by atoms with Gasteiger partial charge in [0.15, 0.2) is 0 Å². The van der Waals surface area contributed by atoms with Gasteiger partial charge < -0.3 is 10.2 Å². The van der Waals surface area contributed by atoms with Gasteiger partial charge in [-0.2, -0.15) is 0 Å². The molecule has 1 N–H and O–H groups in total. The van der Waals surface area contributed by atoms with E-state index in [1.165, 1.54) is 0 Å². The van der Waals surface area contributed by atoms with Gasteiger partial charge in [-0.3, -0.25) is 9.59 Å². The molecule has 1 fully saturated rings. The molecule has 4 heteroatoms. The Morgan fingerprint density at radius 2 is 1.81 bits per heavy atom. The summed E-state index contributed by atoms with van der Waals surface area (Å²) in [5.74, 6) is -0.0820. The third-order valence-electron chi connectivity index (χ3n) is 3.87. The average molecular weight is 282 g/mol. The van der Waals surface area contributed by atoms with Crippen LogP contribution in [0.25, 0.3) is 10.8 Å². The molecule has 2 amide bonds. The van der Waals surface area contributed by atoms with Crippen LogP contribution in [0.2, 0.25) is 0 Å². The molecule has 0 bridgehead atoms. The number of piperazine rings is 1. The van der Waals surface area contributed by atoms with Gasteiger partial charge in [0.1, 0.15) is 12.6 Å². The van der Waals surface area contributed by atoms with Crippen molar-refractivity contribution in [3.05, 3.63) is 42.5 Å². The van der Waals surface area contributed by atoms with Gasteiger partial charge in [-0.25, -0.2) is 0 Å². The second-order valence-corrected chi connectivity index (χ2v) is 5.71. The lowest BCUT2D eigenvalue weighted by molar-refractivity contribution is -0.132. The van der Waals surface area contributed by atoms with E-state index >= 15 is 0 Å². The van der Waals surface area contributed by atoms with E-state index in [4.69, 9.17) is 0 Å². The number of carbonyl (C=O) groups is 2. The molecule has 0 aromatic heterocycles. The Labute approximate surface area is 123 Å². The summed E-state index contributed by atoms with van der Waals surface area (Å²) in [5.41, 5.74) is 0.804. The standard InChI is InChI=1S/C17H18N2O2/c1-11(2)16-17(21)19(10-15(20)18-16)14-9-5-7-12-6-3-4-8-13(12)14/h3-9,11,16H,10H2,1-2H3,(H,18,20). The lowest BCUT2D eigenvalue weighted by Crippen LogP contribution is -2.60. The van der Waals surface area contributed by atoms with Crippen LogP contribution in [0.4, 0.5) is 5.69 Å². The maximum atomic E-state index is 12.7. The topological polar surface area (TPSA) is 49.4 Å². The van der Waals surface area contributed by atoms with Crippen molar-refractivity contribution in [3.8, 4) is 0 Å². The summed E-state index contributed by atoms with van der Waals surface area (Å²) < 4.78 is 0. The number of hydrogen-bond donors (Lipinski definition) is 1. The van der Waals surface area contributed by atoms with E-state index in [9.17, 15) is 9.59 Å². The molecule has 1 aliphatic rings. The monoisotopic (exact) mass is 282 g/mol. The van der Waals surface area contributed by atoms with Crippen molar-refractivity contribution in [2.75, 3.05) is 11.4 Å². The van der Waals surface area contributed by atoms with Crippen LogP contribution in [0.5, 0.6) is 0 Å². The first-order valence-corrected chi connectivity index (χ1v) is 7.16. The fraction of sp³-hybridized carbons (Fsp3) is 0.294. The van der Waals surface area contributed by atoms with Crippen LogP contribution in [0, 0.1) is 5.92 Å². The van der Waals surface area contributed by atoms with E-state index in [1.807, 2.05) is 56.3 Å². The Bertz CT molecular complexity index is 704. The van der Waals surface area contributed by atoms with Crippen LogP contribution in [-0.4, -0.2) is 24.4 Å². The second kappa shape index (κ2) is 5.20. The Balaban J connectivity index is 2.08. The van der Waals surface area contributed by atoms with Gasteiger partial charge in [0, 0.05) is 5.39 Å². The zero-order valence-electron chi connectivity index (χ0n) is 12.2. The van der Waals surface area contributed by atoms with E-state index in [0.717, 1.165) is 16.5 Å². The minimum atomic E-state index is -0.454. The molecule has 1 atom stereocenters. The molecule has 0 spiro atoms. The molecule has 2 aromatic rings. The summed E-state index contributed by atoms with van der Waals surface area (Å²) in [5, 5.41) is 4.84. The molecule has 0 aliphatic carbocycles. The van der Waals surface area contributed by atoms with Crippen molar-refractivity contribution in [2.24, 2.45) is 5.92 Å². The van der Waals surface area contributed by atoms with Crippen molar-refractivity contribution < 1.29 is 9.59 Å². The SMILES string of the molecule is CC(C)C1NC(=O)CN(c2cccc3ccccc23)C1=O. The van der Waals surface area contributed by atoms with Crippen LogP contribution in [0.1, 0.15) is 13.8 Å². The first kappa shape index (κ1) is 13.6. The fourth-order valence-corrected chi connectivity index (χ4v) is 2.77. The Morgan fingerprint density at radius 1 is 1.10 bits per heavy atom. The molecule has 1 saturated heterocycles. The molecule has 0 radical (unpaired) electrons.